The summed E-state index contributed by atoms with van der Waals surface area (Å²) in [4.78, 5) is 12.6. The number of halogens is 1. The number of methoxy groups -OCH3 is 3. The van der Waals surface area contributed by atoms with Crippen molar-refractivity contribution >= 4 is 27.8 Å². The van der Waals surface area contributed by atoms with Crippen LogP contribution < -0.4 is 14.2 Å². The average Bonchev–Trinajstić information content (AvgIpc) is 2.77. The van der Waals surface area contributed by atoms with Gasteiger partial charge in [-0.25, -0.2) is 0 Å². The molecule has 3 aromatic rings. The van der Waals surface area contributed by atoms with Gasteiger partial charge in [0, 0.05) is 21.7 Å². The van der Waals surface area contributed by atoms with Crippen LogP contribution in [0, 0.1) is 0 Å². The Balaban J connectivity index is 1.81. The summed E-state index contributed by atoms with van der Waals surface area (Å²) in [6.07, 6.45) is 3.24. The van der Waals surface area contributed by atoms with E-state index in [4.69, 9.17) is 14.2 Å². The minimum Gasteiger partial charge on any atom is -0.496 e. The highest BCUT2D eigenvalue weighted by molar-refractivity contribution is 9.10. The Hall–Kier alpha value is -3.05. The molecule has 4 nitrogen and oxygen atoms in total. The van der Waals surface area contributed by atoms with Crippen LogP contribution in [0.25, 0.3) is 17.2 Å². The Labute approximate surface area is 178 Å². The van der Waals surface area contributed by atoms with Crippen LogP contribution in [0.4, 0.5) is 0 Å². The highest BCUT2D eigenvalue weighted by atomic mass is 79.9. The molecule has 0 spiro atoms. The second-order valence-corrected chi connectivity index (χ2v) is 7.15. The molecule has 3 aromatic carbocycles. The van der Waals surface area contributed by atoms with Gasteiger partial charge in [0.1, 0.15) is 5.75 Å². The first-order chi connectivity index (χ1) is 14.0. The quantitative estimate of drug-likeness (QED) is 0.323. The molecule has 0 radical (unpaired) electrons. The van der Waals surface area contributed by atoms with Gasteiger partial charge in [0.2, 0.25) is 0 Å². The molecule has 0 amide bonds. The minimum atomic E-state index is -0.0933. The SMILES string of the molecule is COc1cc(OC)c(OC)cc1/C=C/C(=O)c1ccc(-c2ccc(Br)cc2)cc1. The molecule has 0 aliphatic carbocycles. The van der Waals surface area contributed by atoms with Crippen LogP contribution in [-0.2, 0) is 0 Å². The zero-order valence-electron chi connectivity index (χ0n) is 16.4. The largest absolute Gasteiger partial charge is 0.496 e. The van der Waals surface area contributed by atoms with Crippen LogP contribution in [0.5, 0.6) is 17.2 Å². The van der Waals surface area contributed by atoms with Gasteiger partial charge in [0.25, 0.3) is 0 Å². The monoisotopic (exact) mass is 452 g/mol. The van der Waals surface area contributed by atoms with Crippen molar-refractivity contribution in [3.8, 4) is 28.4 Å². The first kappa shape index (κ1) is 20.7. The van der Waals surface area contributed by atoms with E-state index in [1.54, 1.807) is 39.5 Å². The topological polar surface area (TPSA) is 44.8 Å². The number of carbonyl (C=O) groups excluding carboxylic acids is 1. The maximum Gasteiger partial charge on any atom is 0.185 e. The minimum absolute atomic E-state index is 0.0933. The number of rotatable bonds is 7. The number of hydrogen-bond acceptors (Lipinski definition) is 4. The molecule has 0 saturated heterocycles. The van der Waals surface area contributed by atoms with E-state index in [0.717, 1.165) is 21.2 Å². The number of carbonyl (C=O) groups is 1. The smallest absolute Gasteiger partial charge is 0.185 e. The van der Waals surface area contributed by atoms with Crippen LogP contribution in [-0.4, -0.2) is 27.1 Å². The summed E-state index contributed by atoms with van der Waals surface area (Å²) in [6, 6.07) is 19.1. The molecule has 0 heterocycles. The van der Waals surface area contributed by atoms with Crippen LogP contribution in [0.1, 0.15) is 15.9 Å². The number of ether oxygens (including phenoxy) is 3. The van der Waals surface area contributed by atoms with E-state index in [1.807, 2.05) is 48.5 Å². The third-order valence-corrected chi connectivity index (χ3v) is 5.03. The first-order valence-corrected chi connectivity index (χ1v) is 9.73. The number of ketones is 1. The van der Waals surface area contributed by atoms with Crippen molar-refractivity contribution in [1.29, 1.82) is 0 Å². The maximum atomic E-state index is 12.6. The summed E-state index contributed by atoms with van der Waals surface area (Å²) in [6.45, 7) is 0. The molecule has 0 bridgehead atoms. The Morgan fingerprint density at radius 1 is 0.759 bits per heavy atom. The summed E-state index contributed by atoms with van der Waals surface area (Å²) < 4.78 is 17.0. The van der Waals surface area contributed by atoms with Crippen molar-refractivity contribution in [2.75, 3.05) is 21.3 Å². The van der Waals surface area contributed by atoms with Crippen molar-refractivity contribution in [2.24, 2.45) is 0 Å². The van der Waals surface area contributed by atoms with Gasteiger partial charge in [-0.3, -0.25) is 4.79 Å². The van der Waals surface area contributed by atoms with Crippen LogP contribution >= 0.6 is 15.9 Å². The van der Waals surface area contributed by atoms with Crippen LogP contribution in [0.15, 0.2) is 71.2 Å². The standard InChI is InChI=1S/C24H21BrO4/c1-27-22-15-24(29-3)23(28-2)14-19(22)10-13-21(26)18-6-4-16(5-7-18)17-8-11-20(25)12-9-17/h4-15H,1-3H3/b13-10+. The van der Waals surface area contributed by atoms with Gasteiger partial charge in [-0.15, -0.1) is 0 Å². The Kier molecular flexibility index (Phi) is 6.73. The fraction of sp³-hybridized carbons (Fsp3) is 0.125. The van der Waals surface area contributed by atoms with Crippen molar-refractivity contribution in [3.63, 3.8) is 0 Å². The molecule has 29 heavy (non-hydrogen) atoms. The number of hydrogen-bond donors (Lipinski definition) is 0. The van der Waals surface area contributed by atoms with Gasteiger partial charge in [0.15, 0.2) is 17.3 Å². The average molecular weight is 453 g/mol. The summed E-state index contributed by atoms with van der Waals surface area (Å²) >= 11 is 3.44. The molecule has 0 aliphatic heterocycles. The number of benzene rings is 3. The molecule has 0 saturated carbocycles. The van der Waals surface area contributed by atoms with E-state index in [-0.39, 0.29) is 5.78 Å². The molecular weight excluding hydrogens is 432 g/mol. The van der Waals surface area contributed by atoms with E-state index in [0.29, 0.717) is 22.8 Å². The molecule has 0 atom stereocenters. The van der Waals surface area contributed by atoms with Gasteiger partial charge in [-0.1, -0.05) is 52.3 Å². The third-order valence-electron chi connectivity index (χ3n) is 4.50. The zero-order chi connectivity index (χ0) is 20.8. The lowest BCUT2D eigenvalue weighted by atomic mass is 10.0. The van der Waals surface area contributed by atoms with E-state index in [1.165, 1.54) is 6.08 Å². The normalized spacial score (nSPS) is 10.8. The van der Waals surface area contributed by atoms with Crippen molar-refractivity contribution in [1.82, 2.24) is 0 Å². The number of allylic oxidation sites excluding steroid dienone is 1. The van der Waals surface area contributed by atoms with Crippen molar-refractivity contribution in [3.05, 3.63) is 82.3 Å². The molecule has 148 valence electrons. The van der Waals surface area contributed by atoms with E-state index >= 15 is 0 Å². The Morgan fingerprint density at radius 3 is 1.83 bits per heavy atom. The van der Waals surface area contributed by atoms with Crippen molar-refractivity contribution < 1.29 is 19.0 Å². The molecular formula is C24H21BrO4. The first-order valence-electron chi connectivity index (χ1n) is 8.94. The van der Waals surface area contributed by atoms with E-state index in [2.05, 4.69) is 15.9 Å². The highest BCUT2D eigenvalue weighted by Crippen LogP contribution is 2.35. The molecule has 0 aromatic heterocycles. The summed E-state index contributed by atoms with van der Waals surface area (Å²) in [5.74, 6) is 1.64. The van der Waals surface area contributed by atoms with Gasteiger partial charge >= 0.3 is 0 Å². The lowest BCUT2D eigenvalue weighted by molar-refractivity contribution is 0.104. The van der Waals surface area contributed by atoms with Crippen molar-refractivity contribution in [2.45, 2.75) is 0 Å². The van der Waals surface area contributed by atoms with Crippen LogP contribution in [0.3, 0.4) is 0 Å². The lowest BCUT2D eigenvalue weighted by Gasteiger charge is -2.12. The fourth-order valence-corrected chi connectivity index (χ4v) is 3.18. The predicted molar refractivity (Wildman–Crippen MR) is 119 cm³/mol. The summed E-state index contributed by atoms with van der Waals surface area (Å²) in [5.41, 5.74) is 3.49. The summed E-state index contributed by atoms with van der Waals surface area (Å²) in [7, 11) is 4.70. The fourth-order valence-electron chi connectivity index (χ4n) is 2.91. The molecule has 0 N–H and O–H groups in total. The predicted octanol–water partition coefficient (Wildman–Crippen LogP) is 6.04. The maximum absolute atomic E-state index is 12.6. The van der Waals surface area contributed by atoms with Gasteiger partial charge in [-0.05, 0) is 41.5 Å². The zero-order valence-corrected chi connectivity index (χ0v) is 18.0. The molecule has 5 heteroatoms. The second-order valence-electron chi connectivity index (χ2n) is 6.23. The van der Waals surface area contributed by atoms with Crippen LogP contribution in [0.2, 0.25) is 0 Å². The highest BCUT2D eigenvalue weighted by Gasteiger charge is 2.11. The van der Waals surface area contributed by atoms with Gasteiger partial charge < -0.3 is 14.2 Å². The molecule has 0 unspecified atom stereocenters. The lowest BCUT2D eigenvalue weighted by Crippen LogP contribution is -1.96. The third kappa shape index (κ3) is 4.87. The molecule has 0 aliphatic rings. The summed E-state index contributed by atoms with van der Waals surface area (Å²) in [5, 5.41) is 0. The molecule has 3 rings (SSSR count). The Morgan fingerprint density at radius 2 is 1.28 bits per heavy atom. The van der Waals surface area contributed by atoms with E-state index in [9.17, 15) is 4.79 Å². The van der Waals surface area contributed by atoms with Gasteiger partial charge in [0.05, 0.1) is 21.3 Å². The molecule has 0 fully saturated rings. The Bertz CT molecular complexity index is 1020. The van der Waals surface area contributed by atoms with E-state index < -0.39 is 0 Å². The van der Waals surface area contributed by atoms with Gasteiger partial charge in [-0.2, -0.15) is 0 Å². The second kappa shape index (κ2) is 9.43.